The molecule has 0 fully saturated rings. The molecule has 8 heteroatoms. The molecular formula is C11H16N6O2. The van der Waals surface area contributed by atoms with Gasteiger partial charge in [-0.15, -0.1) is 5.10 Å². The highest BCUT2D eigenvalue weighted by Gasteiger charge is 2.18. The number of nitrogens with zero attached hydrogens (tertiary/aromatic N) is 5. The molecule has 0 atom stereocenters. The maximum absolute atomic E-state index is 10.9. The lowest BCUT2D eigenvalue weighted by atomic mass is 10.3. The van der Waals surface area contributed by atoms with E-state index in [-0.39, 0.29) is 18.3 Å². The van der Waals surface area contributed by atoms with Crippen LogP contribution < -0.4 is 5.73 Å². The van der Waals surface area contributed by atoms with Crippen LogP contribution in [0.2, 0.25) is 0 Å². The molecular weight excluding hydrogens is 248 g/mol. The van der Waals surface area contributed by atoms with Gasteiger partial charge in [0.2, 0.25) is 0 Å². The first-order valence-corrected chi connectivity index (χ1v) is 5.92. The standard InChI is InChI=1S/C11H16N6O2/c1-7(2)16-4-3-8(14-16)6-17-9(5-12)10(11(18)19)13-15-17/h3-4,7H,5-6,12H2,1-2H3,(H,18,19). The van der Waals surface area contributed by atoms with Crippen LogP contribution in [0.4, 0.5) is 0 Å². The molecule has 0 aliphatic rings. The van der Waals surface area contributed by atoms with Crippen LogP contribution in [-0.2, 0) is 13.1 Å². The van der Waals surface area contributed by atoms with Crippen molar-refractivity contribution in [3.05, 3.63) is 29.3 Å². The molecule has 0 unspecified atom stereocenters. The molecule has 0 saturated heterocycles. The van der Waals surface area contributed by atoms with Gasteiger partial charge in [0.25, 0.3) is 0 Å². The molecule has 3 N–H and O–H groups in total. The predicted octanol–water partition coefficient (Wildman–Crippen LogP) is 0.261. The lowest BCUT2D eigenvalue weighted by molar-refractivity contribution is 0.0689. The molecule has 0 radical (unpaired) electrons. The van der Waals surface area contributed by atoms with E-state index in [0.717, 1.165) is 5.69 Å². The molecule has 0 aliphatic carbocycles. The summed E-state index contributed by atoms with van der Waals surface area (Å²) >= 11 is 0. The molecule has 2 aromatic heterocycles. The van der Waals surface area contributed by atoms with Crippen LogP contribution in [0.25, 0.3) is 0 Å². The Hall–Kier alpha value is -2.22. The number of aromatic nitrogens is 5. The number of carbonyl (C=O) groups is 1. The molecule has 19 heavy (non-hydrogen) atoms. The maximum Gasteiger partial charge on any atom is 0.358 e. The number of hydrogen-bond acceptors (Lipinski definition) is 5. The van der Waals surface area contributed by atoms with Crippen LogP contribution in [0.15, 0.2) is 12.3 Å². The van der Waals surface area contributed by atoms with Crippen LogP contribution in [0, 0.1) is 0 Å². The van der Waals surface area contributed by atoms with E-state index in [9.17, 15) is 4.79 Å². The van der Waals surface area contributed by atoms with Crippen LogP contribution in [-0.4, -0.2) is 35.9 Å². The normalized spacial score (nSPS) is 11.2. The van der Waals surface area contributed by atoms with Crippen LogP contribution in [0.3, 0.4) is 0 Å². The smallest absolute Gasteiger partial charge is 0.358 e. The van der Waals surface area contributed by atoms with Gasteiger partial charge in [-0.05, 0) is 19.9 Å². The van der Waals surface area contributed by atoms with Crippen molar-refractivity contribution in [3.63, 3.8) is 0 Å². The van der Waals surface area contributed by atoms with Crippen LogP contribution in [0.1, 0.15) is 41.8 Å². The number of carboxylic acid groups (broad SMARTS) is 1. The fourth-order valence-corrected chi connectivity index (χ4v) is 1.73. The van der Waals surface area contributed by atoms with Gasteiger partial charge in [-0.2, -0.15) is 5.10 Å². The summed E-state index contributed by atoms with van der Waals surface area (Å²) in [6.07, 6.45) is 1.87. The predicted molar refractivity (Wildman–Crippen MR) is 66.6 cm³/mol. The first-order chi connectivity index (χ1) is 9.02. The summed E-state index contributed by atoms with van der Waals surface area (Å²) in [5.74, 6) is -1.13. The third kappa shape index (κ3) is 2.63. The lowest BCUT2D eigenvalue weighted by Crippen LogP contribution is -2.13. The van der Waals surface area contributed by atoms with Crippen LogP contribution >= 0.6 is 0 Å². The highest BCUT2D eigenvalue weighted by atomic mass is 16.4. The van der Waals surface area contributed by atoms with Crippen molar-refractivity contribution in [3.8, 4) is 0 Å². The van der Waals surface area contributed by atoms with Gasteiger partial charge < -0.3 is 10.8 Å². The van der Waals surface area contributed by atoms with Gasteiger partial charge in [0.15, 0.2) is 5.69 Å². The first kappa shape index (κ1) is 13.2. The summed E-state index contributed by atoms with van der Waals surface area (Å²) in [7, 11) is 0. The van der Waals surface area contributed by atoms with Gasteiger partial charge in [-0.3, -0.25) is 4.68 Å². The monoisotopic (exact) mass is 264 g/mol. The van der Waals surface area contributed by atoms with Gasteiger partial charge in [-0.1, -0.05) is 5.21 Å². The Bertz CT molecular complexity index is 586. The van der Waals surface area contributed by atoms with E-state index in [4.69, 9.17) is 10.8 Å². The Morgan fingerprint density at radius 3 is 2.79 bits per heavy atom. The second-order valence-corrected chi connectivity index (χ2v) is 4.43. The molecule has 102 valence electrons. The summed E-state index contributed by atoms with van der Waals surface area (Å²) in [6, 6.07) is 2.13. The number of aromatic carboxylic acids is 1. The first-order valence-electron chi connectivity index (χ1n) is 5.92. The summed E-state index contributed by atoms with van der Waals surface area (Å²) < 4.78 is 3.29. The molecule has 0 amide bonds. The zero-order valence-corrected chi connectivity index (χ0v) is 10.8. The van der Waals surface area contributed by atoms with E-state index in [1.807, 2.05) is 30.8 Å². The summed E-state index contributed by atoms with van der Waals surface area (Å²) in [6.45, 7) is 4.48. The molecule has 2 heterocycles. The van der Waals surface area contributed by atoms with Crippen molar-refractivity contribution >= 4 is 5.97 Å². The highest BCUT2D eigenvalue weighted by molar-refractivity contribution is 5.86. The molecule has 0 aromatic carbocycles. The fraction of sp³-hybridized carbons (Fsp3) is 0.455. The SMILES string of the molecule is CC(C)n1ccc(Cn2nnc(C(=O)O)c2CN)n1. The highest BCUT2D eigenvalue weighted by Crippen LogP contribution is 2.09. The van der Waals surface area contributed by atoms with E-state index in [2.05, 4.69) is 15.4 Å². The summed E-state index contributed by atoms with van der Waals surface area (Å²) in [5, 5.41) is 20.8. The zero-order valence-electron chi connectivity index (χ0n) is 10.8. The summed E-state index contributed by atoms with van der Waals surface area (Å²) in [5.41, 5.74) is 6.62. The molecule has 0 aliphatic heterocycles. The number of hydrogen-bond donors (Lipinski definition) is 2. The minimum Gasteiger partial charge on any atom is -0.476 e. The Kier molecular flexibility index (Phi) is 3.61. The minimum atomic E-state index is -1.13. The third-order valence-electron chi connectivity index (χ3n) is 2.74. The van der Waals surface area contributed by atoms with Crippen molar-refractivity contribution in [2.24, 2.45) is 5.73 Å². The van der Waals surface area contributed by atoms with Gasteiger partial charge >= 0.3 is 5.97 Å². The fourth-order valence-electron chi connectivity index (χ4n) is 1.73. The van der Waals surface area contributed by atoms with E-state index in [1.54, 1.807) is 0 Å². The van der Waals surface area contributed by atoms with Crippen molar-refractivity contribution in [2.45, 2.75) is 33.0 Å². The lowest BCUT2D eigenvalue weighted by Gasteiger charge is -2.05. The number of nitrogens with two attached hydrogens (primary N) is 1. The van der Waals surface area contributed by atoms with Gasteiger partial charge in [0, 0.05) is 18.8 Å². The average molecular weight is 264 g/mol. The zero-order chi connectivity index (χ0) is 14.0. The Balaban J connectivity index is 2.25. The van der Waals surface area contributed by atoms with Gasteiger partial charge in [0.05, 0.1) is 17.9 Å². The largest absolute Gasteiger partial charge is 0.476 e. The molecule has 2 aromatic rings. The second-order valence-electron chi connectivity index (χ2n) is 4.43. The quantitative estimate of drug-likeness (QED) is 0.801. The summed E-state index contributed by atoms with van der Waals surface area (Å²) in [4.78, 5) is 10.9. The molecule has 0 saturated carbocycles. The molecule has 0 bridgehead atoms. The number of rotatable bonds is 5. The van der Waals surface area contributed by atoms with E-state index in [0.29, 0.717) is 12.2 Å². The Morgan fingerprint density at radius 1 is 1.53 bits per heavy atom. The molecule has 8 nitrogen and oxygen atoms in total. The van der Waals surface area contributed by atoms with E-state index >= 15 is 0 Å². The topological polar surface area (TPSA) is 112 Å². The van der Waals surface area contributed by atoms with Crippen molar-refractivity contribution in [2.75, 3.05) is 0 Å². The van der Waals surface area contributed by atoms with Gasteiger partial charge in [0.1, 0.15) is 0 Å². The number of carboxylic acids is 1. The molecule has 2 rings (SSSR count). The van der Waals surface area contributed by atoms with Crippen molar-refractivity contribution < 1.29 is 9.90 Å². The Morgan fingerprint density at radius 2 is 2.26 bits per heavy atom. The minimum absolute atomic E-state index is 0.0690. The maximum atomic E-state index is 10.9. The Labute approximate surface area is 109 Å². The molecule has 0 spiro atoms. The van der Waals surface area contributed by atoms with Crippen molar-refractivity contribution in [1.29, 1.82) is 0 Å². The van der Waals surface area contributed by atoms with E-state index in [1.165, 1.54) is 4.68 Å². The van der Waals surface area contributed by atoms with Crippen LogP contribution in [0.5, 0.6) is 0 Å². The third-order valence-corrected chi connectivity index (χ3v) is 2.74. The van der Waals surface area contributed by atoms with E-state index < -0.39 is 5.97 Å². The van der Waals surface area contributed by atoms with Crippen molar-refractivity contribution in [1.82, 2.24) is 24.8 Å². The van der Waals surface area contributed by atoms with Gasteiger partial charge in [-0.25, -0.2) is 9.48 Å². The average Bonchev–Trinajstić information content (AvgIpc) is 2.95. The second kappa shape index (κ2) is 5.19.